The first-order valence-electron chi connectivity index (χ1n) is 13.9. The van der Waals surface area contributed by atoms with Crippen LogP contribution in [0.25, 0.3) is 0 Å². The summed E-state index contributed by atoms with van der Waals surface area (Å²) >= 11 is 0. The molecule has 3 aliphatic carbocycles. The number of carbonyl (C=O) groups is 5. The minimum atomic E-state index is -2.01. The van der Waals surface area contributed by atoms with Crippen LogP contribution in [-0.2, 0) is 50.0 Å². The Morgan fingerprint density at radius 1 is 1.09 bits per heavy atom. The van der Waals surface area contributed by atoms with E-state index in [0.29, 0.717) is 24.3 Å². The van der Waals surface area contributed by atoms with Crippen molar-refractivity contribution in [1.82, 2.24) is 0 Å². The summed E-state index contributed by atoms with van der Waals surface area (Å²) in [6.07, 6.45) is -3.82. The third kappa shape index (κ3) is 4.97. The molecule has 43 heavy (non-hydrogen) atoms. The summed E-state index contributed by atoms with van der Waals surface area (Å²) in [5.41, 5.74) is -0.164. The van der Waals surface area contributed by atoms with Gasteiger partial charge in [0.1, 0.15) is 5.76 Å². The molecule has 7 atom stereocenters. The first kappa shape index (κ1) is 30.3. The SMILES string of the molecule is COc1ccc2c3c1O[C@@H]1C(OC(=O)[C@@H](O)CC(=O)O[C@@H](C)C(=O)O[C@@H](CC(=O)O)C(=O)O)=CC[C@]4(O)[C@@H](CCC[C@@]314)C2. The average Bonchev–Trinajstić information content (AvgIpc) is 3.28. The van der Waals surface area contributed by atoms with Gasteiger partial charge in [0, 0.05) is 5.56 Å². The quantitative estimate of drug-likeness (QED) is 0.203. The number of aliphatic carboxylic acids is 2. The maximum absolute atomic E-state index is 12.9. The fraction of sp³-hybridized carbons (Fsp3) is 0.552. The smallest absolute Gasteiger partial charge is 0.348 e. The minimum Gasteiger partial charge on any atom is -0.493 e. The van der Waals surface area contributed by atoms with Crippen LogP contribution in [0.15, 0.2) is 24.0 Å². The van der Waals surface area contributed by atoms with E-state index in [1.807, 2.05) is 6.07 Å². The topological polar surface area (TPSA) is 212 Å². The van der Waals surface area contributed by atoms with Gasteiger partial charge in [-0.3, -0.25) is 9.59 Å². The second-order valence-corrected chi connectivity index (χ2v) is 11.3. The zero-order valence-electron chi connectivity index (χ0n) is 23.4. The van der Waals surface area contributed by atoms with Gasteiger partial charge in [-0.15, -0.1) is 0 Å². The molecule has 0 unspecified atom stereocenters. The first-order chi connectivity index (χ1) is 20.3. The van der Waals surface area contributed by atoms with E-state index < -0.39 is 78.1 Å². The molecule has 14 nitrogen and oxygen atoms in total. The van der Waals surface area contributed by atoms with Crippen molar-refractivity contribution in [2.75, 3.05) is 7.11 Å². The van der Waals surface area contributed by atoms with Crippen LogP contribution < -0.4 is 9.47 Å². The molecule has 1 aliphatic heterocycles. The van der Waals surface area contributed by atoms with Gasteiger partial charge in [-0.25, -0.2) is 14.4 Å². The molecule has 0 saturated heterocycles. The van der Waals surface area contributed by atoms with Crippen LogP contribution in [0.4, 0.5) is 0 Å². The molecule has 1 saturated carbocycles. The van der Waals surface area contributed by atoms with Crippen molar-refractivity contribution < 1.29 is 68.1 Å². The largest absolute Gasteiger partial charge is 0.493 e. The molecule has 4 aliphatic rings. The first-order valence-corrected chi connectivity index (χ1v) is 13.9. The van der Waals surface area contributed by atoms with E-state index in [4.69, 9.17) is 29.2 Å². The predicted octanol–water partition coefficient (Wildman–Crippen LogP) is 0.766. The molecule has 5 rings (SSSR count). The lowest BCUT2D eigenvalue weighted by Gasteiger charge is -2.59. The summed E-state index contributed by atoms with van der Waals surface area (Å²) in [6, 6.07) is 3.77. The number of ether oxygens (including phenoxy) is 5. The highest BCUT2D eigenvalue weighted by Gasteiger charge is 2.71. The number of rotatable bonds is 11. The molecule has 1 fully saturated rings. The molecule has 232 valence electrons. The van der Waals surface area contributed by atoms with Gasteiger partial charge >= 0.3 is 29.8 Å². The number of hydrogen-bond acceptors (Lipinski definition) is 12. The van der Waals surface area contributed by atoms with Gasteiger partial charge < -0.3 is 44.1 Å². The zero-order valence-corrected chi connectivity index (χ0v) is 23.4. The fourth-order valence-corrected chi connectivity index (χ4v) is 6.97. The van der Waals surface area contributed by atoms with E-state index in [2.05, 4.69) is 4.74 Å². The lowest BCUT2D eigenvalue weighted by Crippen LogP contribution is -2.67. The molecule has 1 aromatic rings. The molecule has 4 N–H and O–H groups in total. The number of hydrogen-bond donors (Lipinski definition) is 4. The van der Waals surface area contributed by atoms with Crippen molar-refractivity contribution in [3.63, 3.8) is 0 Å². The zero-order chi connectivity index (χ0) is 31.3. The standard InChI is InChI=1S/C29H32O14/c1-13(26(36)42-19(25(34)35)12-20(31)32)40-21(33)11-16(30)27(37)41-18-7-9-29(38)15-4-3-8-28(29)22-14(10-15)5-6-17(39-2)23(22)43-24(18)28/h5-7,13,15-16,19,24,30,38H,3-4,8-12H2,1-2H3,(H,31,32)(H,34,35)/t13-,15-,16-,19-,24+,28+,29-/m0/s1. The van der Waals surface area contributed by atoms with E-state index in [1.165, 1.54) is 7.11 Å². The van der Waals surface area contributed by atoms with Crippen molar-refractivity contribution in [2.24, 2.45) is 5.92 Å². The Balaban J connectivity index is 1.26. The molecule has 2 bridgehead atoms. The third-order valence-electron chi connectivity index (χ3n) is 8.85. The number of aliphatic hydroxyl groups is 2. The Morgan fingerprint density at radius 2 is 1.84 bits per heavy atom. The summed E-state index contributed by atoms with van der Waals surface area (Å²) in [6.45, 7) is 1.05. The molecule has 0 aromatic heterocycles. The summed E-state index contributed by atoms with van der Waals surface area (Å²) in [5, 5.41) is 40.3. The van der Waals surface area contributed by atoms with E-state index in [1.54, 1.807) is 12.1 Å². The third-order valence-corrected chi connectivity index (χ3v) is 8.85. The monoisotopic (exact) mass is 604 g/mol. The Morgan fingerprint density at radius 3 is 2.51 bits per heavy atom. The van der Waals surface area contributed by atoms with Gasteiger partial charge in [0.25, 0.3) is 0 Å². The number of carboxylic acid groups (broad SMARTS) is 2. The highest BCUT2D eigenvalue weighted by atomic mass is 16.6. The maximum Gasteiger partial charge on any atom is 0.348 e. The molecular weight excluding hydrogens is 572 g/mol. The van der Waals surface area contributed by atoms with Gasteiger partial charge in [-0.2, -0.15) is 0 Å². The Labute approximate surface area is 245 Å². The van der Waals surface area contributed by atoms with Crippen LogP contribution >= 0.6 is 0 Å². The van der Waals surface area contributed by atoms with Crippen molar-refractivity contribution in [3.8, 4) is 11.5 Å². The Bertz CT molecular complexity index is 1400. The average molecular weight is 605 g/mol. The van der Waals surface area contributed by atoms with E-state index in [-0.39, 0.29) is 18.1 Å². The summed E-state index contributed by atoms with van der Waals surface area (Å²) in [5.74, 6) is -5.94. The summed E-state index contributed by atoms with van der Waals surface area (Å²) in [4.78, 5) is 59.3. The van der Waals surface area contributed by atoms with Crippen LogP contribution in [-0.4, -0.2) is 87.4 Å². The summed E-state index contributed by atoms with van der Waals surface area (Å²) in [7, 11) is 1.51. The molecule has 1 spiro atoms. The normalized spacial score (nSPS) is 28.1. The van der Waals surface area contributed by atoms with E-state index in [9.17, 15) is 34.2 Å². The molecule has 14 heteroatoms. The number of methoxy groups -OCH3 is 1. The number of carboxylic acids is 2. The van der Waals surface area contributed by atoms with E-state index >= 15 is 0 Å². The van der Waals surface area contributed by atoms with Crippen LogP contribution in [0.1, 0.15) is 56.6 Å². The van der Waals surface area contributed by atoms with Gasteiger partial charge in [0.2, 0.25) is 6.10 Å². The highest BCUT2D eigenvalue weighted by Crippen LogP contribution is 2.67. The lowest BCUT2D eigenvalue weighted by molar-refractivity contribution is -0.179. The molecule has 0 radical (unpaired) electrons. The van der Waals surface area contributed by atoms with Crippen LogP contribution in [0.2, 0.25) is 0 Å². The van der Waals surface area contributed by atoms with Crippen molar-refractivity contribution >= 4 is 29.8 Å². The minimum absolute atomic E-state index is 0.0309. The number of benzene rings is 1. The maximum atomic E-state index is 12.9. The van der Waals surface area contributed by atoms with Crippen molar-refractivity contribution in [3.05, 3.63) is 35.1 Å². The predicted molar refractivity (Wildman–Crippen MR) is 140 cm³/mol. The highest BCUT2D eigenvalue weighted by molar-refractivity contribution is 5.86. The van der Waals surface area contributed by atoms with Crippen LogP contribution in [0.5, 0.6) is 11.5 Å². The van der Waals surface area contributed by atoms with Gasteiger partial charge in [-0.1, -0.05) is 12.5 Å². The van der Waals surface area contributed by atoms with E-state index in [0.717, 1.165) is 30.9 Å². The molecule has 1 heterocycles. The fourth-order valence-electron chi connectivity index (χ4n) is 6.97. The van der Waals surface area contributed by atoms with Gasteiger partial charge in [0.05, 0.1) is 31.0 Å². The van der Waals surface area contributed by atoms with Crippen molar-refractivity contribution in [2.45, 2.75) is 87.3 Å². The van der Waals surface area contributed by atoms with Crippen LogP contribution in [0.3, 0.4) is 0 Å². The lowest BCUT2D eigenvalue weighted by atomic mass is 9.47. The number of carbonyl (C=O) groups excluding carboxylic acids is 3. The second kappa shape index (κ2) is 11.2. The second-order valence-electron chi connectivity index (χ2n) is 11.3. The van der Waals surface area contributed by atoms with Gasteiger partial charge in [0.15, 0.2) is 29.8 Å². The number of aliphatic hydroxyl groups excluding tert-OH is 1. The number of esters is 3. The molecule has 1 aromatic carbocycles. The van der Waals surface area contributed by atoms with Gasteiger partial charge in [-0.05, 0) is 56.2 Å². The Kier molecular flexibility index (Phi) is 7.86. The van der Waals surface area contributed by atoms with Crippen LogP contribution in [0, 0.1) is 5.92 Å². The van der Waals surface area contributed by atoms with Crippen molar-refractivity contribution in [1.29, 1.82) is 0 Å². The Hall–Kier alpha value is -4.17. The molecule has 0 amide bonds. The summed E-state index contributed by atoms with van der Waals surface area (Å²) < 4.78 is 26.9. The molecular formula is C29H32O14.